The zero-order valence-electron chi connectivity index (χ0n) is 12.5. The molecule has 0 radical (unpaired) electrons. The van der Waals surface area contributed by atoms with Crippen molar-refractivity contribution in [2.45, 2.75) is 0 Å². The van der Waals surface area contributed by atoms with E-state index >= 15 is 0 Å². The van der Waals surface area contributed by atoms with E-state index in [1.165, 1.54) is 19.2 Å². The second-order valence-electron chi connectivity index (χ2n) is 4.61. The summed E-state index contributed by atoms with van der Waals surface area (Å²) in [6.45, 7) is 3.66. The van der Waals surface area contributed by atoms with E-state index in [0.29, 0.717) is 9.32 Å². The maximum absolute atomic E-state index is 12.4. The Morgan fingerprint density at radius 1 is 1.33 bits per heavy atom. The first-order chi connectivity index (χ1) is 11.4. The van der Waals surface area contributed by atoms with E-state index in [-0.39, 0.29) is 11.3 Å². The first-order valence-corrected chi connectivity index (χ1v) is 7.72. The Hall–Kier alpha value is -2.55. The zero-order chi connectivity index (χ0) is 17.9. The number of halogens is 1. The molecule has 1 N–H and O–H groups in total. The standard InChI is InChI=1S/C17H13IO6/c1-3-9-7-11(18)15(13(8-9)23-2)24-17(22)10-5-4-6-12(19)14(10)16(20)21/h3-8,19H,1H2,2H3,(H,20,21)/p-1. The lowest BCUT2D eigenvalue weighted by Crippen LogP contribution is -2.17. The molecule has 0 unspecified atom stereocenters. The molecular weight excluding hydrogens is 427 g/mol. The van der Waals surface area contributed by atoms with Gasteiger partial charge >= 0.3 is 11.9 Å². The van der Waals surface area contributed by atoms with Crippen LogP contribution in [0.1, 0.15) is 26.3 Å². The van der Waals surface area contributed by atoms with Gasteiger partial charge < -0.3 is 19.7 Å². The summed E-state index contributed by atoms with van der Waals surface area (Å²) in [4.78, 5) is 23.6. The number of ether oxygens (including phenoxy) is 2. The van der Waals surface area contributed by atoms with Crippen LogP contribution < -0.4 is 14.6 Å². The topological polar surface area (TPSA) is 95.9 Å². The van der Waals surface area contributed by atoms with E-state index in [4.69, 9.17) is 14.6 Å². The van der Waals surface area contributed by atoms with E-state index < -0.39 is 23.3 Å². The number of carboxylic acid groups (broad SMARTS) is 1. The van der Waals surface area contributed by atoms with Crippen LogP contribution in [0.2, 0.25) is 0 Å². The van der Waals surface area contributed by atoms with Crippen LogP contribution >= 0.6 is 22.6 Å². The summed E-state index contributed by atoms with van der Waals surface area (Å²) < 4.78 is 11.1. The summed E-state index contributed by atoms with van der Waals surface area (Å²) in [6.07, 6.45) is 1.61. The molecule has 0 saturated heterocycles. The van der Waals surface area contributed by atoms with E-state index in [0.717, 1.165) is 11.6 Å². The molecule has 2 aromatic rings. The third kappa shape index (κ3) is 3.51. The molecule has 24 heavy (non-hydrogen) atoms. The Kier molecular flexibility index (Phi) is 5.45. The van der Waals surface area contributed by atoms with E-state index in [2.05, 4.69) is 6.58 Å². The first kappa shape index (κ1) is 17.8. The van der Waals surface area contributed by atoms with Gasteiger partial charge in [-0.05, 0) is 46.4 Å². The fraction of sp³-hybridized carbons (Fsp3) is 0.0588. The van der Waals surface area contributed by atoms with Crippen LogP contribution in [-0.2, 0) is 0 Å². The Morgan fingerprint density at radius 2 is 2.04 bits per heavy atom. The van der Waals surface area contributed by atoms with Gasteiger partial charge in [-0.1, -0.05) is 30.5 Å². The molecule has 124 valence electrons. The Morgan fingerprint density at radius 3 is 2.62 bits per heavy atom. The van der Waals surface area contributed by atoms with Crippen molar-refractivity contribution in [1.29, 1.82) is 0 Å². The number of hydrogen-bond donors (Lipinski definition) is 1. The van der Waals surface area contributed by atoms with Gasteiger partial charge in [-0.15, -0.1) is 0 Å². The van der Waals surface area contributed by atoms with Crippen molar-refractivity contribution in [2.24, 2.45) is 0 Å². The predicted molar refractivity (Wildman–Crippen MR) is 93.6 cm³/mol. The molecule has 0 spiro atoms. The van der Waals surface area contributed by atoms with Gasteiger partial charge in [0.15, 0.2) is 11.5 Å². The van der Waals surface area contributed by atoms with Gasteiger partial charge in [0, 0.05) is 0 Å². The minimum Gasteiger partial charge on any atom is -0.872 e. The van der Waals surface area contributed by atoms with Crippen LogP contribution in [0.4, 0.5) is 0 Å². The van der Waals surface area contributed by atoms with E-state index in [1.807, 2.05) is 22.6 Å². The normalized spacial score (nSPS) is 10.1. The molecular formula is C17H12IO6-. The average Bonchev–Trinajstić information content (AvgIpc) is 2.55. The molecule has 0 saturated carbocycles. The maximum atomic E-state index is 12.4. The van der Waals surface area contributed by atoms with Gasteiger partial charge in [0.1, 0.15) is 0 Å². The number of rotatable bonds is 5. The van der Waals surface area contributed by atoms with Crippen molar-refractivity contribution in [1.82, 2.24) is 0 Å². The molecule has 0 amide bonds. The van der Waals surface area contributed by atoms with Gasteiger partial charge in [-0.2, -0.15) is 0 Å². The third-order valence-corrected chi connectivity index (χ3v) is 3.94. The summed E-state index contributed by atoms with van der Waals surface area (Å²) in [5.41, 5.74) is -0.177. The fourth-order valence-corrected chi connectivity index (χ4v) is 2.76. The largest absolute Gasteiger partial charge is 0.872 e. The van der Waals surface area contributed by atoms with Crippen molar-refractivity contribution >= 4 is 40.6 Å². The third-order valence-electron chi connectivity index (χ3n) is 3.14. The highest BCUT2D eigenvalue weighted by Crippen LogP contribution is 2.35. The van der Waals surface area contributed by atoms with Gasteiger partial charge in [0.25, 0.3) is 0 Å². The fourth-order valence-electron chi connectivity index (χ4n) is 2.03. The lowest BCUT2D eigenvalue weighted by atomic mass is 10.1. The Balaban J connectivity index is 2.47. The number of esters is 1. The van der Waals surface area contributed by atoms with Crippen LogP contribution in [-0.4, -0.2) is 24.2 Å². The van der Waals surface area contributed by atoms with Crippen molar-refractivity contribution in [3.8, 4) is 17.2 Å². The number of aromatic carboxylic acids is 1. The quantitative estimate of drug-likeness (QED) is 0.438. The number of benzene rings is 2. The highest BCUT2D eigenvalue weighted by molar-refractivity contribution is 14.1. The molecule has 0 aliphatic rings. The summed E-state index contributed by atoms with van der Waals surface area (Å²) in [7, 11) is 1.41. The van der Waals surface area contributed by atoms with Crippen molar-refractivity contribution in [2.75, 3.05) is 7.11 Å². The summed E-state index contributed by atoms with van der Waals surface area (Å²) in [6, 6.07) is 6.95. The molecule has 0 heterocycles. The SMILES string of the molecule is C=Cc1cc(I)c(OC(=O)c2cccc([O-])c2C(=O)O)c(OC)c1. The van der Waals surface area contributed by atoms with Crippen LogP contribution in [0.3, 0.4) is 0 Å². The highest BCUT2D eigenvalue weighted by Gasteiger charge is 2.21. The Bertz CT molecular complexity index is 828. The summed E-state index contributed by atoms with van der Waals surface area (Å²) >= 11 is 1.96. The Labute approximate surface area is 151 Å². The van der Waals surface area contributed by atoms with Gasteiger partial charge in [0.2, 0.25) is 0 Å². The molecule has 0 bridgehead atoms. The van der Waals surface area contributed by atoms with Gasteiger partial charge in [0.05, 0.1) is 21.8 Å². The average molecular weight is 439 g/mol. The number of carbonyl (C=O) groups excluding carboxylic acids is 1. The molecule has 0 aliphatic carbocycles. The summed E-state index contributed by atoms with van der Waals surface area (Å²) in [5, 5.41) is 20.8. The highest BCUT2D eigenvalue weighted by atomic mass is 127. The van der Waals surface area contributed by atoms with E-state index in [1.54, 1.807) is 18.2 Å². The maximum Gasteiger partial charge on any atom is 0.344 e. The molecule has 0 atom stereocenters. The van der Waals surface area contributed by atoms with Crippen LogP contribution in [0, 0.1) is 3.57 Å². The second-order valence-corrected chi connectivity index (χ2v) is 5.77. The number of carbonyl (C=O) groups is 2. The first-order valence-electron chi connectivity index (χ1n) is 6.64. The second kappa shape index (κ2) is 7.35. The minimum atomic E-state index is -1.49. The number of hydrogen-bond acceptors (Lipinski definition) is 5. The molecule has 2 rings (SSSR count). The minimum absolute atomic E-state index is 0.140. The number of methoxy groups -OCH3 is 1. The number of carboxylic acids is 1. The monoisotopic (exact) mass is 439 g/mol. The molecule has 0 aliphatic heterocycles. The smallest absolute Gasteiger partial charge is 0.344 e. The lowest BCUT2D eigenvalue weighted by molar-refractivity contribution is -0.268. The molecule has 2 aromatic carbocycles. The van der Waals surface area contributed by atoms with Crippen molar-refractivity contribution in [3.05, 3.63) is 57.2 Å². The molecule has 6 nitrogen and oxygen atoms in total. The van der Waals surface area contributed by atoms with Gasteiger partial charge in [-0.3, -0.25) is 0 Å². The predicted octanol–water partition coefficient (Wildman–Crippen LogP) is 2.93. The van der Waals surface area contributed by atoms with E-state index in [9.17, 15) is 14.7 Å². The zero-order valence-corrected chi connectivity index (χ0v) is 14.7. The van der Waals surface area contributed by atoms with Crippen LogP contribution in [0.5, 0.6) is 17.2 Å². The van der Waals surface area contributed by atoms with Crippen LogP contribution in [0.15, 0.2) is 36.9 Å². The van der Waals surface area contributed by atoms with Crippen molar-refractivity contribution < 1.29 is 29.3 Å². The molecule has 0 aromatic heterocycles. The van der Waals surface area contributed by atoms with Crippen molar-refractivity contribution in [3.63, 3.8) is 0 Å². The lowest BCUT2D eigenvalue weighted by Gasteiger charge is -2.15. The molecule has 0 fully saturated rings. The molecule has 7 heteroatoms. The van der Waals surface area contributed by atoms with Crippen LogP contribution in [0.25, 0.3) is 6.08 Å². The van der Waals surface area contributed by atoms with Gasteiger partial charge in [-0.25, -0.2) is 9.59 Å². The summed E-state index contributed by atoms with van der Waals surface area (Å²) in [5.74, 6) is -2.77.